The number of hydrogen-bond acceptors (Lipinski definition) is 3. The quantitative estimate of drug-likeness (QED) is 0.675. The lowest BCUT2D eigenvalue weighted by atomic mass is 10.1. The van der Waals surface area contributed by atoms with Gasteiger partial charge in [-0.1, -0.05) is 20.8 Å². The third-order valence-electron chi connectivity index (χ3n) is 2.83. The molecule has 1 amide bonds. The van der Waals surface area contributed by atoms with Crippen LogP contribution in [0.5, 0.6) is 0 Å². The van der Waals surface area contributed by atoms with Gasteiger partial charge in [0.25, 0.3) is 0 Å². The molecule has 3 N–H and O–H groups in total. The van der Waals surface area contributed by atoms with E-state index in [-0.39, 0.29) is 11.9 Å². The summed E-state index contributed by atoms with van der Waals surface area (Å²) in [5.41, 5.74) is 5.54. The van der Waals surface area contributed by atoms with Gasteiger partial charge >= 0.3 is 0 Å². The minimum atomic E-state index is 0.0907. The molecule has 0 aromatic carbocycles. The molecule has 0 fully saturated rings. The van der Waals surface area contributed by atoms with Crippen LogP contribution in [0.4, 0.5) is 0 Å². The fourth-order valence-corrected chi connectivity index (χ4v) is 1.38. The summed E-state index contributed by atoms with van der Waals surface area (Å²) >= 11 is 0. The van der Waals surface area contributed by atoms with E-state index in [2.05, 4.69) is 26.1 Å². The van der Waals surface area contributed by atoms with E-state index in [9.17, 15) is 4.79 Å². The van der Waals surface area contributed by atoms with Crippen LogP contribution in [0.15, 0.2) is 0 Å². The van der Waals surface area contributed by atoms with Gasteiger partial charge in [-0.25, -0.2) is 0 Å². The SMILES string of the molecule is CC(CN)CN(C)CC(=O)NC(C)C(C)C. The van der Waals surface area contributed by atoms with E-state index in [1.165, 1.54) is 0 Å². The minimum absolute atomic E-state index is 0.0907. The summed E-state index contributed by atoms with van der Waals surface area (Å²) < 4.78 is 0. The molecule has 16 heavy (non-hydrogen) atoms. The van der Waals surface area contributed by atoms with Crippen LogP contribution < -0.4 is 11.1 Å². The highest BCUT2D eigenvalue weighted by atomic mass is 16.2. The molecule has 0 radical (unpaired) electrons. The second-order valence-corrected chi connectivity index (χ2v) is 5.14. The van der Waals surface area contributed by atoms with Gasteiger partial charge < -0.3 is 11.1 Å². The van der Waals surface area contributed by atoms with Crippen LogP contribution in [0.2, 0.25) is 0 Å². The normalized spacial score (nSPS) is 15.2. The van der Waals surface area contributed by atoms with Crippen LogP contribution in [0, 0.1) is 11.8 Å². The minimum Gasteiger partial charge on any atom is -0.352 e. The van der Waals surface area contributed by atoms with Crippen molar-refractivity contribution >= 4 is 5.91 Å². The Labute approximate surface area is 99.6 Å². The van der Waals surface area contributed by atoms with Crippen LogP contribution in [0.3, 0.4) is 0 Å². The number of amides is 1. The van der Waals surface area contributed by atoms with Gasteiger partial charge in [0.2, 0.25) is 5.91 Å². The third kappa shape index (κ3) is 6.80. The van der Waals surface area contributed by atoms with Gasteiger partial charge in [0.15, 0.2) is 0 Å². The van der Waals surface area contributed by atoms with E-state index in [1.54, 1.807) is 0 Å². The topological polar surface area (TPSA) is 58.4 Å². The number of carbonyl (C=O) groups excluding carboxylic acids is 1. The maximum Gasteiger partial charge on any atom is 0.234 e. The van der Waals surface area contributed by atoms with Crippen LogP contribution in [-0.2, 0) is 4.79 Å². The number of nitrogens with zero attached hydrogens (tertiary/aromatic N) is 1. The highest BCUT2D eigenvalue weighted by Gasteiger charge is 2.13. The van der Waals surface area contributed by atoms with E-state index in [4.69, 9.17) is 5.73 Å². The number of hydrogen-bond donors (Lipinski definition) is 2. The van der Waals surface area contributed by atoms with Gasteiger partial charge in [-0.3, -0.25) is 9.69 Å². The number of nitrogens with one attached hydrogen (secondary N) is 1. The molecule has 4 heteroatoms. The van der Waals surface area contributed by atoms with Crippen molar-refractivity contribution in [2.24, 2.45) is 17.6 Å². The number of rotatable bonds is 7. The number of carbonyl (C=O) groups is 1. The third-order valence-corrected chi connectivity index (χ3v) is 2.83. The van der Waals surface area contributed by atoms with Crippen molar-refractivity contribution in [3.8, 4) is 0 Å². The number of nitrogens with two attached hydrogens (primary N) is 1. The van der Waals surface area contributed by atoms with Gasteiger partial charge in [0, 0.05) is 12.6 Å². The first-order chi connectivity index (χ1) is 7.36. The Bertz CT molecular complexity index is 206. The molecule has 0 aliphatic carbocycles. The van der Waals surface area contributed by atoms with Crippen molar-refractivity contribution in [3.05, 3.63) is 0 Å². The summed E-state index contributed by atoms with van der Waals surface area (Å²) in [6, 6.07) is 0.229. The van der Waals surface area contributed by atoms with Crippen LogP contribution in [0.25, 0.3) is 0 Å². The van der Waals surface area contributed by atoms with Crippen molar-refractivity contribution in [2.75, 3.05) is 26.7 Å². The Morgan fingerprint density at radius 2 is 1.88 bits per heavy atom. The van der Waals surface area contributed by atoms with E-state index < -0.39 is 0 Å². The zero-order valence-electron chi connectivity index (χ0n) is 11.3. The smallest absolute Gasteiger partial charge is 0.234 e. The second kappa shape index (κ2) is 7.63. The summed E-state index contributed by atoms with van der Waals surface area (Å²) in [5, 5.41) is 2.99. The van der Waals surface area contributed by atoms with Crippen molar-refractivity contribution in [1.82, 2.24) is 10.2 Å². The molecule has 0 saturated heterocycles. The zero-order valence-corrected chi connectivity index (χ0v) is 11.3. The van der Waals surface area contributed by atoms with Gasteiger partial charge in [-0.05, 0) is 32.4 Å². The molecule has 0 aromatic rings. The molecule has 0 aliphatic heterocycles. The van der Waals surface area contributed by atoms with Crippen molar-refractivity contribution in [2.45, 2.75) is 33.7 Å². The van der Waals surface area contributed by atoms with Crippen molar-refractivity contribution < 1.29 is 4.79 Å². The lowest BCUT2D eigenvalue weighted by Gasteiger charge is -2.22. The molecule has 2 unspecified atom stereocenters. The first kappa shape index (κ1) is 15.4. The van der Waals surface area contributed by atoms with Gasteiger partial charge in [-0.2, -0.15) is 0 Å². The van der Waals surface area contributed by atoms with Gasteiger partial charge in [0.05, 0.1) is 6.54 Å². The molecule has 2 atom stereocenters. The molecular formula is C12H27N3O. The van der Waals surface area contributed by atoms with E-state index in [1.807, 2.05) is 18.9 Å². The Morgan fingerprint density at radius 3 is 2.31 bits per heavy atom. The fraction of sp³-hybridized carbons (Fsp3) is 0.917. The van der Waals surface area contributed by atoms with Crippen LogP contribution >= 0.6 is 0 Å². The Morgan fingerprint density at radius 1 is 1.31 bits per heavy atom. The predicted octanol–water partition coefficient (Wildman–Crippen LogP) is 0.674. The average Bonchev–Trinajstić information content (AvgIpc) is 2.16. The van der Waals surface area contributed by atoms with Gasteiger partial charge in [-0.15, -0.1) is 0 Å². The maximum absolute atomic E-state index is 11.7. The zero-order chi connectivity index (χ0) is 12.7. The van der Waals surface area contributed by atoms with E-state index >= 15 is 0 Å². The van der Waals surface area contributed by atoms with Crippen LogP contribution in [0.1, 0.15) is 27.7 Å². The standard InChI is InChI=1S/C12H27N3O/c1-9(2)11(4)14-12(16)8-15(5)7-10(3)6-13/h9-11H,6-8,13H2,1-5H3,(H,14,16). The molecular weight excluding hydrogens is 202 g/mol. The van der Waals surface area contributed by atoms with Crippen LogP contribution in [-0.4, -0.2) is 43.5 Å². The van der Waals surface area contributed by atoms with E-state index in [0.717, 1.165) is 6.54 Å². The summed E-state index contributed by atoms with van der Waals surface area (Å²) in [7, 11) is 1.95. The Kier molecular flexibility index (Phi) is 7.34. The van der Waals surface area contributed by atoms with Gasteiger partial charge in [0.1, 0.15) is 0 Å². The van der Waals surface area contributed by atoms with E-state index in [0.29, 0.717) is 24.9 Å². The first-order valence-corrected chi connectivity index (χ1v) is 6.04. The Balaban J connectivity index is 3.86. The summed E-state index contributed by atoms with van der Waals surface area (Å²) in [6.07, 6.45) is 0. The fourth-order valence-electron chi connectivity index (χ4n) is 1.38. The summed E-state index contributed by atoms with van der Waals surface area (Å²) in [6.45, 7) is 10.3. The Hall–Kier alpha value is -0.610. The summed E-state index contributed by atoms with van der Waals surface area (Å²) in [5.74, 6) is 0.991. The molecule has 0 aliphatic rings. The molecule has 0 bridgehead atoms. The second-order valence-electron chi connectivity index (χ2n) is 5.14. The average molecular weight is 229 g/mol. The maximum atomic E-state index is 11.7. The number of likely N-dealkylation sites (N-methyl/N-ethyl adjacent to an activating group) is 1. The predicted molar refractivity (Wildman–Crippen MR) is 68.2 cm³/mol. The molecule has 4 nitrogen and oxygen atoms in total. The monoisotopic (exact) mass is 229 g/mol. The highest BCUT2D eigenvalue weighted by Crippen LogP contribution is 2.00. The highest BCUT2D eigenvalue weighted by molar-refractivity contribution is 5.78. The lowest BCUT2D eigenvalue weighted by molar-refractivity contribution is -0.122. The molecule has 0 spiro atoms. The largest absolute Gasteiger partial charge is 0.352 e. The molecule has 0 aromatic heterocycles. The molecule has 0 saturated carbocycles. The van der Waals surface area contributed by atoms with Crippen molar-refractivity contribution in [3.63, 3.8) is 0 Å². The summed E-state index contributed by atoms with van der Waals surface area (Å²) in [4.78, 5) is 13.7. The lowest BCUT2D eigenvalue weighted by Crippen LogP contribution is -2.43. The molecule has 0 heterocycles. The van der Waals surface area contributed by atoms with Crippen molar-refractivity contribution in [1.29, 1.82) is 0 Å². The first-order valence-electron chi connectivity index (χ1n) is 6.04. The molecule has 96 valence electrons. The molecule has 0 rings (SSSR count).